The smallest absolute Gasteiger partial charge is 0.222 e. The van der Waals surface area contributed by atoms with Gasteiger partial charge >= 0.3 is 0 Å². The highest BCUT2D eigenvalue weighted by atomic mass is 16.5. The maximum absolute atomic E-state index is 12.9. The molecule has 1 aliphatic carbocycles. The predicted octanol–water partition coefficient (Wildman–Crippen LogP) is 4.05. The molecule has 1 fully saturated rings. The van der Waals surface area contributed by atoms with Crippen LogP contribution in [0, 0.1) is 5.92 Å². The van der Waals surface area contributed by atoms with E-state index in [1.54, 1.807) is 7.11 Å². The number of nitrogens with zero attached hydrogens (tertiary/aromatic N) is 3. The molecule has 1 saturated carbocycles. The van der Waals surface area contributed by atoms with Crippen LogP contribution in [0.4, 0.5) is 0 Å². The van der Waals surface area contributed by atoms with E-state index in [1.807, 2.05) is 12.3 Å². The number of aromatic nitrogens is 2. The lowest BCUT2D eigenvalue weighted by molar-refractivity contribution is -0.132. The molecule has 1 aromatic heterocycles. The molecule has 28 heavy (non-hydrogen) atoms. The van der Waals surface area contributed by atoms with E-state index in [2.05, 4.69) is 32.7 Å². The van der Waals surface area contributed by atoms with Crippen molar-refractivity contribution in [2.75, 3.05) is 20.2 Å². The predicted molar refractivity (Wildman–Crippen MR) is 110 cm³/mol. The van der Waals surface area contributed by atoms with Gasteiger partial charge in [-0.25, -0.2) is 4.98 Å². The third kappa shape index (κ3) is 4.14. The number of methoxy groups -OCH3 is 1. The van der Waals surface area contributed by atoms with E-state index in [4.69, 9.17) is 4.74 Å². The van der Waals surface area contributed by atoms with Crippen molar-refractivity contribution < 1.29 is 9.53 Å². The second kappa shape index (κ2) is 8.91. The fourth-order valence-electron chi connectivity index (χ4n) is 4.71. The Balaban J connectivity index is 1.47. The zero-order valence-electron chi connectivity index (χ0n) is 16.9. The van der Waals surface area contributed by atoms with Crippen molar-refractivity contribution in [1.82, 2.24) is 14.5 Å². The first kappa shape index (κ1) is 19.2. The zero-order chi connectivity index (χ0) is 19.3. The molecule has 0 atom stereocenters. The molecule has 5 heteroatoms. The highest BCUT2D eigenvalue weighted by molar-refractivity contribution is 5.76. The first-order chi connectivity index (χ1) is 13.8. The standard InChI is InChI=1S/C23H31N3O2/c1-28-17-19-9-5-6-10-20(19)21-16-24-22-11-12-25(13-14-26(21)22)23(27)15-18-7-3-2-4-8-18/h5-6,9-10,16,18H,2-4,7-8,11-15,17H2,1H3. The van der Waals surface area contributed by atoms with Crippen molar-refractivity contribution >= 4 is 5.91 Å². The van der Waals surface area contributed by atoms with E-state index < -0.39 is 0 Å². The van der Waals surface area contributed by atoms with Crippen molar-refractivity contribution in [2.24, 2.45) is 5.92 Å². The summed E-state index contributed by atoms with van der Waals surface area (Å²) in [4.78, 5) is 19.6. The number of hydrogen-bond acceptors (Lipinski definition) is 3. The molecular weight excluding hydrogens is 350 g/mol. The Morgan fingerprint density at radius 3 is 2.79 bits per heavy atom. The molecule has 5 nitrogen and oxygen atoms in total. The molecule has 1 aromatic carbocycles. The van der Waals surface area contributed by atoms with E-state index in [-0.39, 0.29) is 0 Å². The van der Waals surface area contributed by atoms with Crippen LogP contribution in [0.1, 0.15) is 49.9 Å². The average Bonchev–Trinajstić information content (AvgIpc) is 3.00. The van der Waals surface area contributed by atoms with E-state index in [0.717, 1.165) is 44.0 Å². The van der Waals surface area contributed by atoms with Crippen LogP contribution in [0.5, 0.6) is 0 Å². The molecule has 2 aromatic rings. The largest absolute Gasteiger partial charge is 0.380 e. The number of amides is 1. The second-order valence-electron chi connectivity index (χ2n) is 8.14. The summed E-state index contributed by atoms with van der Waals surface area (Å²) in [6.45, 7) is 2.95. The molecule has 0 bridgehead atoms. The van der Waals surface area contributed by atoms with Crippen LogP contribution in [0.25, 0.3) is 11.3 Å². The maximum atomic E-state index is 12.9. The molecule has 2 heterocycles. The Morgan fingerprint density at radius 1 is 1.14 bits per heavy atom. The Morgan fingerprint density at radius 2 is 1.96 bits per heavy atom. The Bertz CT molecular complexity index is 808. The van der Waals surface area contributed by atoms with Crippen molar-refractivity contribution in [3.63, 3.8) is 0 Å². The van der Waals surface area contributed by atoms with Crippen LogP contribution < -0.4 is 0 Å². The second-order valence-corrected chi connectivity index (χ2v) is 8.14. The maximum Gasteiger partial charge on any atom is 0.222 e. The Hall–Kier alpha value is -2.14. The van der Waals surface area contributed by atoms with E-state index in [9.17, 15) is 4.79 Å². The van der Waals surface area contributed by atoms with Gasteiger partial charge in [-0.05, 0) is 24.3 Å². The van der Waals surface area contributed by atoms with Crippen molar-refractivity contribution in [2.45, 2.75) is 58.1 Å². The molecule has 0 saturated heterocycles. The minimum absolute atomic E-state index is 0.332. The van der Waals surface area contributed by atoms with E-state index in [0.29, 0.717) is 18.4 Å². The molecule has 0 spiro atoms. The first-order valence-electron chi connectivity index (χ1n) is 10.7. The summed E-state index contributed by atoms with van der Waals surface area (Å²) in [7, 11) is 1.73. The number of imidazole rings is 1. The lowest BCUT2D eigenvalue weighted by Crippen LogP contribution is -2.35. The number of hydrogen-bond donors (Lipinski definition) is 0. The third-order valence-corrected chi connectivity index (χ3v) is 6.27. The SMILES string of the molecule is COCc1ccccc1-c1cnc2n1CCN(C(=O)CC1CCCCC1)CC2. The van der Waals surface area contributed by atoms with Gasteiger partial charge in [0, 0.05) is 45.1 Å². The average molecular weight is 382 g/mol. The van der Waals surface area contributed by atoms with Gasteiger partial charge in [0.1, 0.15) is 5.82 Å². The zero-order valence-corrected chi connectivity index (χ0v) is 16.9. The summed E-state index contributed by atoms with van der Waals surface area (Å²) < 4.78 is 7.67. The summed E-state index contributed by atoms with van der Waals surface area (Å²) in [5.74, 6) is 2.01. The van der Waals surface area contributed by atoms with Gasteiger partial charge in [-0.2, -0.15) is 0 Å². The topological polar surface area (TPSA) is 47.4 Å². The van der Waals surface area contributed by atoms with Gasteiger partial charge in [-0.3, -0.25) is 4.79 Å². The van der Waals surface area contributed by atoms with Crippen LogP contribution >= 0.6 is 0 Å². The van der Waals surface area contributed by atoms with E-state index in [1.165, 1.54) is 43.2 Å². The first-order valence-corrected chi connectivity index (χ1v) is 10.7. The van der Waals surface area contributed by atoms with Gasteiger partial charge in [0.15, 0.2) is 0 Å². The van der Waals surface area contributed by atoms with Crippen LogP contribution in [0.15, 0.2) is 30.5 Å². The summed E-state index contributed by atoms with van der Waals surface area (Å²) in [6, 6.07) is 8.35. The summed E-state index contributed by atoms with van der Waals surface area (Å²) >= 11 is 0. The fraction of sp³-hybridized carbons (Fsp3) is 0.565. The lowest BCUT2D eigenvalue weighted by atomic mass is 9.86. The Kier molecular flexibility index (Phi) is 6.10. The minimum Gasteiger partial charge on any atom is -0.380 e. The monoisotopic (exact) mass is 381 g/mol. The molecule has 1 amide bonds. The number of fused-ring (bicyclic) bond motifs is 1. The summed E-state index contributed by atoms with van der Waals surface area (Å²) in [6.07, 6.45) is 9.89. The van der Waals surface area contributed by atoms with Gasteiger partial charge in [-0.1, -0.05) is 43.5 Å². The number of carbonyl (C=O) groups excluding carboxylic acids is 1. The van der Waals surface area contributed by atoms with Crippen LogP contribution in [-0.4, -0.2) is 40.6 Å². The highest BCUT2D eigenvalue weighted by Gasteiger charge is 2.24. The molecule has 0 N–H and O–H groups in total. The van der Waals surface area contributed by atoms with Crippen molar-refractivity contribution in [1.29, 1.82) is 0 Å². The molecule has 0 unspecified atom stereocenters. The van der Waals surface area contributed by atoms with Crippen LogP contribution in [0.3, 0.4) is 0 Å². The lowest BCUT2D eigenvalue weighted by Gasteiger charge is -2.25. The molecule has 2 aliphatic rings. The van der Waals surface area contributed by atoms with Gasteiger partial charge in [0.25, 0.3) is 0 Å². The van der Waals surface area contributed by atoms with Gasteiger partial charge in [0.2, 0.25) is 5.91 Å². The van der Waals surface area contributed by atoms with Crippen LogP contribution in [0.2, 0.25) is 0 Å². The summed E-state index contributed by atoms with van der Waals surface area (Å²) in [5.41, 5.74) is 3.47. The van der Waals surface area contributed by atoms with Gasteiger partial charge < -0.3 is 14.2 Å². The number of benzene rings is 1. The highest BCUT2D eigenvalue weighted by Crippen LogP contribution is 2.29. The third-order valence-electron chi connectivity index (χ3n) is 6.27. The molecule has 0 radical (unpaired) electrons. The quantitative estimate of drug-likeness (QED) is 0.785. The van der Waals surface area contributed by atoms with Gasteiger partial charge in [0.05, 0.1) is 18.5 Å². The van der Waals surface area contributed by atoms with E-state index >= 15 is 0 Å². The Labute approximate surface area is 167 Å². The molecule has 4 rings (SSSR count). The number of carbonyl (C=O) groups is 1. The van der Waals surface area contributed by atoms with Gasteiger partial charge in [-0.15, -0.1) is 0 Å². The van der Waals surface area contributed by atoms with Crippen molar-refractivity contribution in [3.05, 3.63) is 41.9 Å². The normalized spacial score (nSPS) is 18.0. The molecule has 1 aliphatic heterocycles. The molecule has 150 valence electrons. The number of ether oxygens (including phenoxy) is 1. The fourth-order valence-corrected chi connectivity index (χ4v) is 4.71. The summed E-state index contributed by atoms with van der Waals surface area (Å²) in [5, 5.41) is 0. The number of rotatable bonds is 5. The molecular formula is C23H31N3O2. The van der Waals surface area contributed by atoms with Crippen molar-refractivity contribution in [3.8, 4) is 11.3 Å². The van der Waals surface area contributed by atoms with Crippen LogP contribution in [-0.2, 0) is 29.1 Å². The minimum atomic E-state index is 0.332.